The normalized spacial score (nSPS) is 20.5. The Balaban J connectivity index is 2.11. The first kappa shape index (κ1) is 8.57. The van der Waals surface area contributed by atoms with Crippen LogP contribution < -0.4 is 4.74 Å². The number of hydrogen-bond acceptors (Lipinski definition) is 2. The number of aliphatic hydroxyl groups is 1. The second-order valence-electron chi connectivity index (χ2n) is 3.40. The molecule has 0 fully saturated rings. The number of fused-ring (bicyclic) bond motifs is 1. The largest absolute Gasteiger partial charge is 0.490 e. The van der Waals surface area contributed by atoms with E-state index in [1.807, 2.05) is 18.2 Å². The zero-order valence-electron chi connectivity index (χ0n) is 7.57. The summed E-state index contributed by atoms with van der Waals surface area (Å²) in [5.74, 6) is 0.993. The quantitative estimate of drug-likeness (QED) is 0.747. The third-order valence-corrected chi connectivity index (χ3v) is 2.45. The van der Waals surface area contributed by atoms with E-state index >= 15 is 0 Å². The van der Waals surface area contributed by atoms with Gasteiger partial charge in [0.25, 0.3) is 0 Å². The molecule has 1 aliphatic rings. The van der Waals surface area contributed by atoms with Gasteiger partial charge in [-0.3, -0.25) is 0 Å². The number of aliphatic hydroxyl groups excluding tert-OH is 1. The van der Waals surface area contributed by atoms with Crippen molar-refractivity contribution in [3.8, 4) is 5.75 Å². The molecule has 1 aliphatic heterocycles. The van der Waals surface area contributed by atoms with Crippen molar-refractivity contribution in [1.82, 2.24) is 0 Å². The van der Waals surface area contributed by atoms with Gasteiger partial charge >= 0.3 is 0 Å². The number of ether oxygens (including phenoxy) is 1. The highest BCUT2D eigenvalue weighted by Crippen LogP contribution is 2.27. The molecule has 0 aliphatic carbocycles. The molecule has 1 aromatic rings. The summed E-state index contributed by atoms with van der Waals surface area (Å²) in [6, 6.07) is 8.12. The molecule has 1 aromatic carbocycles. The molecule has 0 bridgehead atoms. The predicted molar refractivity (Wildman–Crippen MR) is 50.9 cm³/mol. The van der Waals surface area contributed by atoms with Crippen molar-refractivity contribution in [2.45, 2.75) is 25.4 Å². The van der Waals surface area contributed by atoms with Gasteiger partial charge in [-0.15, -0.1) is 0 Å². The molecule has 0 amide bonds. The van der Waals surface area contributed by atoms with E-state index in [4.69, 9.17) is 9.84 Å². The number of hydrogen-bond donors (Lipinski definition) is 1. The second kappa shape index (κ2) is 3.79. The van der Waals surface area contributed by atoms with Crippen LogP contribution in [0.25, 0.3) is 0 Å². The highest BCUT2D eigenvalue weighted by Gasteiger charge is 2.18. The van der Waals surface area contributed by atoms with Crippen LogP contribution in [0.4, 0.5) is 0 Å². The van der Waals surface area contributed by atoms with E-state index < -0.39 is 0 Å². The number of aryl methyl sites for hydroxylation is 1. The average molecular weight is 178 g/mol. The maximum Gasteiger partial charge on any atom is 0.122 e. The smallest absolute Gasteiger partial charge is 0.122 e. The van der Waals surface area contributed by atoms with Gasteiger partial charge < -0.3 is 9.84 Å². The van der Waals surface area contributed by atoms with E-state index in [-0.39, 0.29) is 12.7 Å². The highest BCUT2D eigenvalue weighted by molar-refractivity contribution is 5.34. The van der Waals surface area contributed by atoms with Crippen LogP contribution in [0.5, 0.6) is 5.75 Å². The molecule has 1 heterocycles. The van der Waals surface area contributed by atoms with Crippen molar-refractivity contribution in [2.24, 2.45) is 0 Å². The molecule has 0 spiro atoms. The summed E-state index contributed by atoms with van der Waals surface area (Å²) >= 11 is 0. The van der Waals surface area contributed by atoms with Gasteiger partial charge in [0.1, 0.15) is 11.9 Å². The van der Waals surface area contributed by atoms with Crippen LogP contribution in [-0.4, -0.2) is 17.8 Å². The second-order valence-corrected chi connectivity index (χ2v) is 3.40. The minimum Gasteiger partial charge on any atom is -0.490 e. The van der Waals surface area contributed by atoms with Gasteiger partial charge in [0.2, 0.25) is 0 Å². The first-order chi connectivity index (χ1) is 6.40. The Morgan fingerprint density at radius 1 is 1.38 bits per heavy atom. The van der Waals surface area contributed by atoms with E-state index in [1.54, 1.807) is 0 Å². The molecule has 0 radical (unpaired) electrons. The molecule has 1 N–H and O–H groups in total. The first-order valence-electron chi connectivity index (χ1n) is 4.75. The van der Waals surface area contributed by atoms with E-state index in [1.165, 1.54) is 5.56 Å². The molecule has 0 unspecified atom stereocenters. The SMILES string of the molecule is OCC[C@H]1CCc2ccccc2O1. The van der Waals surface area contributed by atoms with Gasteiger partial charge in [-0.05, 0) is 24.5 Å². The molecule has 0 saturated carbocycles. The Labute approximate surface area is 78.2 Å². The van der Waals surface area contributed by atoms with Crippen molar-refractivity contribution in [3.63, 3.8) is 0 Å². The minimum absolute atomic E-state index is 0.208. The summed E-state index contributed by atoms with van der Waals surface area (Å²) in [5, 5.41) is 8.79. The van der Waals surface area contributed by atoms with Crippen molar-refractivity contribution in [3.05, 3.63) is 29.8 Å². The molecule has 1 atom stereocenters. The molecular formula is C11H14O2. The summed E-state index contributed by atoms with van der Waals surface area (Å²) in [6.45, 7) is 0.215. The fourth-order valence-corrected chi connectivity index (χ4v) is 1.73. The number of rotatable bonds is 2. The molecule has 2 nitrogen and oxygen atoms in total. The zero-order valence-corrected chi connectivity index (χ0v) is 7.57. The standard InChI is InChI=1S/C11H14O2/c12-8-7-10-6-5-9-3-1-2-4-11(9)13-10/h1-4,10,12H,5-8H2/t10-/m1/s1. The number of para-hydroxylation sites is 1. The highest BCUT2D eigenvalue weighted by atomic mass is 16.5. The summed E-state index contributed by atoms with van der Waals surface area (Å²) in [4.78, 5) is 0. The zero-order chi connectivity index (χ0) is 9.10. The lowest BCUT2D eigenvalue weighted by Gasteiger charge is -2.25. The van der Waals surface area contributed by atoms with Crippen LogP contribution in [0.3, 0.4) is 0 Å². The van der Waals surface area contributed by atoms with Crippen molar-refractivity contribution < 1.29 is 9.84 Å². The molecule has 2 rings (SSSR count). The van der Waals surface area contributed by atoms with Crippen LogP contribution in [-0.2, 0) is 6.42 Å². The van der Waals surface area contributed by atoms with Crippen molar-refractivity contribution in [2.75, 3.05) is 6.61 Å². The lowest BCUT2D eigenvalue weighted by Crippen LogP contribution is -2.23. The van der Waals surface area contributed by atoms with Crippen LogP contribution in [0.15, 0.2) is 24.3 Å². The van der Waals surface area contributed by atoms with Gasteiger partial charge in [0.05, 0.1) is 0 Å². The van der Waals surface area contributed by atoms with Crippen LogP contribution in [0.2, 0.25) is 0 Å². The molecular weight excluding hydrogens is 164 g/mol. The fraction of sp³-hybridized carbons (Fsp3) is 0.455. The molecule has 13 heavy (non-hydrogen) atoms. The molecule has 2 heteroatoms. The maximum atomic E-state index is 8.79. The minimum atomic E-state index is 0.208. The molecule has 0 saturated heterocycles. The van der Waals surface area contributed by atoms with E-state index in [2.05, 4.69) is 6.07 Å². The summed E-state index contributed by atoms with van der Waals surface area (Å²) in [6.07, 6.45) is 3.05. The van der Waals surface area contributed by atoms with Crippen LogP contribution >= 0.6 is 0 Å². The van der Waals surface area contributed by atoms with Crippen molar-refractivity contribution >= 4 is 0 Å². The lowest BCUT2D eigenvalue weighted by molar-refractivity contribution is 0.134. The summed E-state index contributed by atoms with van der Waals surface area (Å²) in [5.41, 5.74) is 1.29. The topological polar surface area (TPSA) is 29.5 Å². The monoisotopic (exact) mass is 178 g/mol. The Morgan fingerprint density at radius 2 is 2.23 bits per heavy atom. The molecule has 0 aromatic heterocycles. The van der Waals surface area contributed by atoms with Gasteiger partial charge in [0, 0.05) is 13.0 Å². The number of benzene rings is 1. The Morgan fingerprint density at radius 3 is 3.08 bits per heavy atom. The van der Waals surface area contributed by atoms with Gasteiger partial charge in [-0.2, -0.15) is 0 Å². The van der Waals surface area contributed by atoms with E-state index in [0.717, 1.165) is 25.0 Å². The summed E-state index contributed by atoms with van der Waals surface area (Å²) in [7, 11) is 0. The van der Waals surface area contributed by atoms with Gasteiger partial charge in [0.15, 0.2) is 0 Å². The predicted octanol–water partition coefficient (Wildman–Crippen LogP) is 1.76. The third-order valence-electron chi connectivity index (χ3n) is 2.45. The first-order valence-corrected chi connectivity index (χ1v) is 4.75. The third kappa shape index (κ3) is 1.83. The summed E-state index contributed by atoms with van der Waals surface area (Å²) < 4.78 is 5.71. The Kier molecular flexibility index (Phi) is 2.50. The van der Waals surface area contributed by atoms with Crippen molar-refractivity contribution in [1.29, 1.82) is 0 Å². The van der Waals surface area contributed by atoms with Crippen LogP contribution in [0, 0.1) is 0 Å². The van der Waals surface area contributed by atoms with E-state index in [9.17, 15) is 0 Å². The maximum absolute atomic E-state index is 8.79. The van der Waals surface area contributed by atoms with E-state index in [0.29, 0.717) is 0 Å². The van der Waals surface area contributed by atoms with Gasteiger partial charge in [-0.1, -0.05) is 18.2 Å². The fourth-order valence-electron chi connectivity index (χ4n) is 1.73. The average Bonchev–Trinajstić information content (AvgIpc) is 2.18. The van der Waals surface area contributed by atoms with Gasteiger partial charge in [-0.25, -0.2) is 0 Å². The Bertz CT molecular complexity index is 283. The molecule has 70 valence electrons. The van der Waals surface area contributed by atoms with Crippen LogP contribution in [0.1, 0.15) is 18.4 Å². The lowest BCUT2D eigenvalue weighted by atomic mass is 10.0. The Hall–Kier alpha value is -1.02.